The lowest BCUT2D eigenvalue weighted by Gasteiger charge is -2.24. The van der Waals surface area contributed by atoms with Crippen LogP contribution >= 0.6 is 0 Å². The Morgan fingerprint density at radius 2 is 1.83 bits per heavy atom. The molecular weight excluding hydrogens is 232 g/mol. The molecule has 0 bridgehead atoms. The van der Waals surface area contributed by atoms with Crippen LogP contribution in [0, 0.1) is 5.92 Å². The Balaban J connectivity index is 1.84. The fourth-order valence-electron chi connectivity index (χ4n) is 2.62. The third-order valence-corrected chi connectivity index (χ3v) is 3.62. The molecule has 5 heteroatoms. The SMILES string of the molecule is O=C(O)CN1CCCN(C(=O)C2CC=CC2)CC1. The van der Waals surface area contributed by atoms with Crippen molar-refractivity contribution in [3.8, 4) is 0 Å². The van der Waals surface area contributed by atoms with Crippen molar-refractivity contribution in [3.05, 3.63) is 12.2 Å². The first-order valence-electron chi connectivity index (χ1n) is 6.55. The summed E-state index contributed by atoms with van der Waals surface area (Å²) in [6.45, 7) is 2.91. The first-order chi connectivity index (χ1) is 8.66. The van der Waals surface area contributed by atoms with E-state index in [0.29, 0.717) is 13.1 Å². The number of carbonyl (C=O) groups is 2. The minimum atomic E-state index is -0.797. The van der Waals surface area contributed by atoms with Gasteiger partial charge in [-0.1, -0.05) is 12.2 Å². The zero-order chi connectivity index (χ0) is 13.0. The highest BCUT2D eigenvalue weighted by Crippen LogP contribution is 2.21. The highest BCUT2D eigenvalue weighted by molar-refractivity contribution is 5.79. The second-order valence-corrected chi connectivity index (χ2v) is 4.99. The number of allylic oxidation sites excluding steroid dienone is 2. The topological polar surface area (TPSA) is 60.9 Å². The van der Waals surface area contributed by atoms with Gasteiger partial charge in [0, 0.05) is 32.1 Å². The number of hydrogen-bond acceptors (Lipinski definition) is 3. The lowest BCUT2D eigenvalue weighted by molar-refractivity contribution is -0.138. The van der Waals surface area contributed by atoms with E-state index < -0.39 is 5.97 Å². The number of aliphatic carboxylic acids is 1. The standard InChI is InChI=1S/C13H20N2O3/c16-12(17)10-14-6-3-7-15(9-8-14)13(18)11-4-1-2-5-11/h1-2,11H,3-10H2,(H,16,17). The average molecular weight is 252 g/mol. The van der Waals surface area contributed by atoms with Crippen molar-refractivity contribution < 1.29 is 14.7 Å². The highest BCUT2D eigenvalue weighted by Gasteiger charge is 2.26. The Hall–Kier alpha value is -1.36. The van der Waals surface area contributed by atoms with E-state index in [-0.39, 0.29) is 18.4 Å². The summed E-state index contributed by atoms with van der Waals surface area (Å²) in [5.41, 5.74) is 0. The third-order valence-electron chi connectivity index (χ3n) is 3.62. The minimum Gasteiger partial charge on any atom is -0.480 e. The van der Waals surface area contributed by atoms with Gasteiger partial charge in [-0.25, -0.2) is 0 Å². The predicted octanol–water partition coefficient (Wildman–Crippen LogP) is 0.571. The zero-order valence-corrected chi connectivity index (χ0v) is 10.5. The van der Waals surface area contributed by atoms with Crippen LogP contribution in [0.4, 0.5) is 0 Å². The van der Waals surface area contributed by atoms with Gasteiger partial charge in [-0.2, -0.15) is 0 Å². The van der Waals surface area contributed by atoms with E-state index in [1.54, 1.807) is 0 Å². The van der Waals surface area contributed by atoms with Gasteiger partial charge >= 0.3 is 5.97 Å². The summed E-state index contributed by atoms with van der Waals surface area (Å²) in [5, 5.41) is 8.77. The van der Waals surface area contributed by atoms with Crippen LogP contribution in [0.25, 0.3) is 0 Å². The molecule has 1 heterocycles. The monoisotopic (exact) mass is 252 g/mol. The number of carbonyl (C=O) groups excluding carboxylic acids is 1. The summed E-state index contributed by atoms with van der Waals surface area (Å²) < 4.78 is 0. The summed E-state index contributed by atoms with van der Waals surface area (Å²) in [6, 6.07) is 0. The molecular formula is C13H20N2O3. The minimum absolute atomic E-state index is 0.0764. The van der Waals surface area contributed by atoms with Crippen LogP contribution in [0.3, 0.4) is 0 Å². The Morgan fingerprint density at radius 3 is 2.50 bits per heavy atom. The molecule has 0 saturated carbocycles. The van der Waals surface area contributed by atoms with Gasteiger partial charge in [-0.15, -0.1) is 0 Å². The Kier molecular flexibility index (Phi) is 4.36. The number of rotatable bonds is 3. The van der Waals surface area contributed by atoms with Crippen molar-refractivity contribution in [1.82, 2.24) is 9.80 Å². The summed E-state index contributed by atoms with van der Waals surface area (Å²) in [6.07, 6.45) is 6.70. The molecule has 18 heavy (non-hydrogen) atoms. The number of carboxylic acid groups (broad SMARTS) is 1. The van der Waals surface area contributed by atoms with Gasteiger partial charge in [-0.3, -0.25) is 14.5 Å². The molecule has 0 unspecified atom stereocenters. The highest BCUT2D eigenvalue weighted by atomic mass is 16.4. The predicted molar refractivity (Wildman–Crippen MR) is 67.1 cm³/mol. The lowest BCUT2D eigenvalue weighted by Crippen LogP contribution is -2.39. The van der Waals surface area contributed by atoms with E-state index in [1.165, 1.54) is 0 Å². The molecule has 1 N–H and O–H groups in total. The molecule has 0 spiro atoms. The van der Waals surface area contributed by atoms with Gasteiger partial charge in [-0.05, 0) is 19.3 Å². The zero-order valence-electron chi connectivity index (χ0n) is 10.5. The van der Waals surface area contributed by atoms with Gasteiger partial charge in [0.25, 0.3) is 0 Å². The maximum atomic E-state index is 12.2. The van der Waals surface area contributed by atoms with Crippen LogP contribution in [0.1, 0.15) is 19.3 Å². The smallest absolute Gasteiger partial charge is 0.317 e. The van der Waals surface area contributed by atoms with Crippen molar-refractivity contribution in [2.45, 2.75) is 19.3 Å². The fraction of sp³-hybridized carbons (Fsp3) is 0.692. The molecule has 1 fully saturated rings. The molecule has 1 aliphatic heterocycles. The van der Waals surface area contributed by atoms with E-state index in [1.807, 2.05) is 9.80 Å². The molecule has 0 atom stereocenters. The summed E-state index contributed by atoms with van der Waals surface area (Å²) in [7, 11) is 0. The van der Waals surface area contributed by atoms with E-state index >= 15 is 0 Å². The van der Waals surface area contributed by atoms with Crippen LogP contribution in [-0.4, -0.2) is 59.5 Å². The molecule has 2 rings (SSSR count). The Morgan fingerprint density at radius 1 is 1.11 bits per heavy atom. The average Bonchev–Trinajstić information content (AvgIpc) is 2.76. The van der Waals surface area contributed by atoms with Gasteiger partial charge < -0.3 is 10.0 Å². The largest absolute Gasteiger partial charge is 0.480 e. The first-order valence-corrected chi connectivity index (χ1v) is 6.55. The van der Waals surface area contributed by atoms with E-state index in [4.69, 9.17) is 5.11 Å². The number of carboxylic acids is 1. The second-order valence-electron chi connectivity index (χ2n) is 4.99. The Bertz CT molecular complexity index is 346. The molecule has 5 nitrogen and oxygen atoms in total. The molecule has 1 aliphatic carbocycles. The molecule has 1 amide bonds. The Labute approximate surface area is 107 Å². The number of nitrogens with zero attached hydrogens (tertiary/aromatic N) is 2. The van der Waals surface area contributed by atoms with Crippen molar-refractivity contribution in [1.29, 1.82) is 0 Å². The molecule has 100 valence electrons. The fourth-order valence-corrected chi connectivity index (χ4v) is 2.62. The van der Waals surface area contributed by atoms with Crippen molar-refractivity contribution in [2.75, 3.05) is 32.7 Å². The van der Waals surface area contributed by atoms with Gasteiger partial charge in [0.1, 0.15) is 0 Å². The van der Waals surface area contributed by atoms with Gasteiger partial charge in [0.15, 0.2) is 0 Å². The summed E-state index contributed by atoms with van der Waals surface area (Å²) in [5.74, 6) is -0.442. The van der Waals surface area contributed by atoms with E-state index in [0.717, 1.165) is 32.4 Å². The van der Waals surface area contributed by atoms with Crippen LogP contribution in [0.5, 0.6) is 0 Å². The van der Waals surface area contributed by atoms with Gasteiger partial charge in [0.05, 0.1) is 6.54 Å². The lowest BCUT2D eigenvalue weighted by atomic mass is 10.1. The van der Waals surface area contributed by atoms with Crippen LogP contribution < -0.4 is 0 Å². The normalized spacial score (nSPS) is 22.1. The molecule has 0 aromatic heterocycles. The van der Waals surface area contributed by atoms with Crippen LogP contribution in [-0.2, 0) is 9.59 Å². The van der Waals surface area contributed by atoms with Gasteiger partial charge in [0.2, 0.25) is 5.91 Å². The summed E-state index contributed by atoms with van der Waals surface area (Å²) in [4.78, 5) is 26.7. The van der Waals surface area contributed by atoms with Crippen molar-refractivity contribution >= 4 is 11.9 Å². The second kappa shape index (κ2) is 6.00. The molecule has 0 aromatic rings. The quantitative estimate of drug-likeness (QED) is 0.746. The first kappa shape index (κ1) is 13.1. The van der Waals surface area contributed by atoms with Crippen molar-refractivity contribution in [3.63, 3.8) is 0 Å². The molecule has 1 saturated heterocycles. The number of amides is 1. The molecule has 0 radical (unpaired) electrons. The van der Waals surface area contributed by atoms with E-state index in [9.17, 15) is 9.59 Å². The van der Waals surface area contributed by atoms with Crippen LogP contribution in [0.2, 0.25) is 0 Å². The van der Waals surface area contributed by atoms with Crippen LogP contribution in [0.15, 0.2) is 12.2 Å². The van der Waals surface area contributed by atoms with E-state index in [2.05, 4.69) is 12.2 Å². The molecule has 0 aromatic carbocycles. The maximum Gasteiger partial charge on any atom is 0.317 e. The summed E-state index contributed by atoms with van der Waals surface area (Å²) >= 11 is 0. The third kappa shape index (κ3) is 3.32. The number of hydrogen-bond donors (Lipinski definition) is 1. The maximum absolute atomic E-state index is 12.2. The molecule has 2 aliphatic rings. The van der Waals surface area contributed by atoms with Crippen molar-refractivity contribution in [2.24, 2.45) is 5.92 Å².